The van der Waals surface area contributed by atoms with Crippen molar-refractivity contribution >= 4 is 0 Å². The van der Waals surface area contributed by atoms with Crippen molar-refractivity contribution in [2.24, 2.45) is 5.92 Å². The Morgan fingerprint density at radius 1 is 1.25 bits per heavy atom. The monoisotopic (exact) mass is 272 g/mol. The van der Waals surface area contributed by atoms with Crippen molar-refractivity contribution in [3.8, 4) is 6.07 Å². The number of nitrogens with zero attached hydrogens (tertiary/aromatic N) is 2. The molecule has 3 nitrogen and oxygen atoms in total. The predicted octanol–water partition coefficient (Wildman–Crippen LogP) is 3.10. The minimum absolute atomic E-state index is 0.476. The van der Waals surface area contributed by atoms with E-state index in [-0.39, 0.29) is 0 Å². The summed E-state index contributed by atoms with van der Waals surface area (Å²) in [5.74, 6) is 0.793. The molecule has 1 saturated carbocycles. The Morgan fingerprint density at radius 2 is 1.90 bits per heavy atom. The van der Waals surface area contributed by atoms with Crippen LogP contribution in [0.4, 0.5) is 0 Å². The fraction of sp³-hybridized carbons (Fsp3) is 0.588. The molecule has 1 aromatic rings. The standard InChI is InChI=1S/C17H24N2O/c1-19(12-15-5-3-2-4-6-15)13-17(20)16-9-7-14(11-18)8-10-16/h7-10,15,17,20H,2-6,12-13H2,1H3. The van der Waals surface area contributed by atoms with Crippen molar-refractivity contribution in [1.82, 2.24) is 4.90 Å². The normalized spacial score (nSPS) is 17.9. The zero-order chi connectivity index (χ0) is 14.4. The molecule has 20 heavy (non-hydrogen) atoms. The Hall–Kier alpha value is -1.37. The lowest BCUT2D eigenvalue weighted by Gasteiger charge is -2.28. The summed E-state index contributed by atoms with van der Waals surface area (Å²) in [6, 6.07) is 9.31. The largest absolute Gasteiger partial charge is 0.387 e. The molecule has 2 rings (SSSR count). The van der Waals surface area contributed by atoms with Crippen LogP contribution in [0.1, 0.15) is 49.3 Å². The van der Waals surface area contributed by atoms with Crippen LogP contribution in [0.2, 0.25) is 0 Å². The molecule has 1 aliphatic rings. The number of aliphatic hydroxyl groups excluding tert-OH is 1. The van der Waals surface area contributed by atoms with Crippen LogP contribution in [-0.2, 0) is 0 Å². The van der Waals surface area contributed by atoms with Crippen molar-refractivity contribution in [2.45, 2.75) is 38.2 Å². The van der Waals surface area contributed by atoms with E-state index >= 15 is 0 Å². The van der Waals surface area contributed by atoms with Gasteiger partial charge in [-0.05, 0) is 43.5 Å². The molecule has 1 fully saturated rings. The molecule has 1 aliphatic carbocycles. The van der Waals surface area contributed by atoms with Crippen LogP contribution in [0, 0.1) is 17.2 Å². The van der Waals surface area contributed by atoms with Crippen molar-refractivity contribution in [2.75, 3.05) is 20.1 Å². The molecule has 108 valence electrons. The van der Waals surface area contributed by atoms with Gasteiger partial charge in [-0.15, -0.1) is 0 Å². The molecule has 1 unspecified atom stereocenters. The van der Waals surface area contributed by atoms with E-state index in [0.717, 1.165) is 18.0 Å². The van der Waals surface area contributed by atoms with Gasteiger partial charge in [0.15, 0.2) is 0 Å². The summed E-state index contributed by atoms with van der Waals surface area (Å²) in [4.78, 5) is 2.23. The molecular weight excluding hydrogens is 248 g/mol. The maximum atomic E-state index is 10.3. The lowest BCUT2D eigenvalue weighted by Crippen LogP contribution is -2.30. The van der Waals surface area contributed by atoms with Crippen molar-refractivity contribution in [1.29, 1.82) is 5.26 Å². The third kappa shape index (κ3) is 4.33. The minimum atomic E-state index is -0.476. The third-order valence-corrected chi connectivity index (χ3v) is 4.20. The molecule has 1 atom stereocenters. The quantitative estimate of drug-likeness (QED) is 0.896. The van der Waals surface area contributed by atoms with E-state index in [9.17, 15) is 5.11 Å². The van der Waals surface area contributed by atoms with Gasteiger partial charge in [0, 0.05) is 13.1 Å². The zero-order valence-electron chi connectivity index (χ0n) is 12.3. The Bertz CT molecular complexity index is 443. The van der Waals surface area contributed by atoms with Crippen LogP contribution < -0.4 is 0 Å². The average molecular weight is 272 g/mol. The lowest BCUT2D eigenvalue weighted by atomic mass is 9.89. The van der Waals surface area contributed by atoms with Gasteiger partial charge in [0.1, 0.15) is 0 Å². The number of hydrogen-bond acceptors (Lipinski definition) is 3. The van der Waals surface area contributed by atoms with Crippen molar-refractivity contribution in [3.63, 3.8) is 0 Å². The van der Waals surface area contributed by atoms with E-state index in [4.69, 9.17) is 5.26 Å². The number of likely N-dealkylation sites (N-methyl/N-ethyl adjacent to an activating group) is 1. The highest BCUT2D eigenvalue weighted by molar-refractivity contribution is 5.32. The first-order valence-corrected chi connectivity index (χ1v) is 7.55. The first-order chi connectivity index (χ1) is 9.69. The minimum Gasteiger partial charge on any atom is -0.387 e. The predicted molar refractivity (Wildman–Crippen MR) is 80.2 cm³/mol. The molecule has 3 heteroatoms. The number of benzene rings is 1. The van der Waals surface area contributed by atoms with E-state index in [1.54, 1.807) is 12.1 Å². The van der Waals surface area contributed by atoms with E-state index < -0.39 is 6.10 Å². The first-order valence-electron chi connectivity index (χ1n) is 7.55. The van der Waals surface area contributed by atoms with Gasteiger partial charge in [-0.1, -0.05) is 31.4 Å². The van der Waals surface area contributed by atoms with Gasteiger partial charge in [-0.3, -0.25) is 0 Å². The summed E-state index contributed by atoms with van der Waals surface area (Å²) >= 11 is 0. The van der Waals surface area contributed by atoms with Crippen LogP contribution >= 0.6 is 0 Å². The highest BCUT2D eigenvalue weighted by Crippen LogP contribution is 2.24. The maximum Gasteiger partial charge on any atom is 0.0991 e. The molecule has 0 aliphatic heterocycles. The second kappa shape index (κ2) is 7.42. The first kappa shape index (κ1) is 15.0. The summed E-state index contributed by atoms with van der Waals surface area (Å²) in [5.41, 5.74) is 1.52. The molecule has 0 heterocycles. The molecule has 1 N–H and O–H groups in total. The van der Waals surface area contributed by atoms with Gasteiger partial charge in [0.05, 0.1) is 17.7 Å². The summed E-state index contributed by atoms with van der Waals surface area (Å²) in [6.45, 7) is 1.73. The summed E-state index contributed by atoms with van der Waals surface area (Å²) < 4.78 is 0. The fourth-order valence-corrected chi connectivity index (χ4v) is 3.07. The van der Waals surface area contributed by atoms with E-state index in [1.165, 1.54) is 32.1 Å². The van der Waals surface area contributed by atoms with Crippen molar-refractivity contribution < 1.29 is 5.11 Å². The van der Waals surface area contributed by atoms with Crippen LogP contribution in [0.15, 0.2) is 24.3 Å². The molecule has 0 aromatic heterocycles. The molecular formula is C17H24N2O. The third-order valence-electron chi connectivity index (χ3n) is 4.20. The van der Waals surface area contributed by atoms with E-state index in [0.29, 0.717) is 12.1 Å². The molecule has 0 spiro atoms. The number of aliphatic hydroxyl groups is 1. The number of rotatable bonds is 5. The SMILES string of the molecule is CN(CC1CCCCC1)CC(O)c1ccc(C#N)cc1. The van der Waals surface area contributed by atoms with Crippen LogP contribution in [0.25, 0.3) is 0 Å². The van der Waals surface area contributed by atoms with Crippen LogP contribution in [0.3, 0.4) is 0 Å². The fourth-order valence-electron chi connectivity index (χ4n) is 3.07. The smallest absolute Gasteiger partial charge is 0.0991 e. The molecule has 1 aromatic carbocycles. The van der Waals surface area contributed by atoms with Crippen LogP contribution in [0.5, 0.6) is 0 Å². The second-order valence-corrected chi connectivity index (χ2v) is 5.97. The van der Waals surface area contributed by atoms with Gasteiger partial charge < -0.3 is 10.0 Å². The number of hydrogen-bond donors (Lipinski definition) is 1. The van der Waals surface area contributed by atoms with Crippen LogP contribution in [-0.4, -0.2) is 30.1 Å². The molecule has 0 amide bonds. The summed E-state index contributed by atoms with van der Waals surface area (Å²) in [5, 5.41) is 19.0. The van der Waals surface area contributed by atoms with E-state index in [2.05, 4.69) is 18.0 Å². The lowest BCUT2D eigenvalue weighted by molar-refractivity contribution is 0.113. The Labute approximate surface area is 121 Å². The maximum absolute atomic E-state index is 10.3. The molecule has 0 saturated heterocycles. The van der Waals surface area contributed by atoms with Gasteiger partial charge in [-0.25, -0.2) is 0 Å². The second-order valence-electron chi connectivity index (χ2n) is 5.97. The van der Waals surface area contributed by atoms with Crippen molar-refractivity contribution in [3.05, 3.63) is 35.4 Å². The topological polar surface area (TPSA) is 47.3 Å². The van der Waals surface area contributed by atoms with E-state index in [1.807, 2.05) is 12.1 Å². The summed E-state index contributed by atoms with van der Waals surface area (Å²) in [6.07, 6.45) is 6.28. The summed E-state index contributed by atoms with van der Waals surface area (Å²) in [7, 11) is 2.08. The Kier molecular flexibility index (Phi) is 5.58. The Balaban J connectivity index is 1.83. The van der Waals surface area contributed by atoms with Gasteiger partial charge >= 0.3 is 0 Å². The molecule has 0 bridgehead atoms. The highest BCUT2D eigenvalue weighted by atomic mass is 16.3. The Morgan fingerprint density at radius 3 is 2.50 bits per heavy atom. The zero-order valence-corrected chi connectivity index (χ0v) is 12.3. The van der Waals surface area contributed by atoms with Gasteiger partial charge in [0.2, 0.25) is 0 Å². The van der Waals surface area contributed by atoms with Gasteiger partial charge in [0.25, 0.3) is 0 Å². The number of nitriles is 1. The molecule has 0 radical (unpaired) electrons. The highest BCUT2D eigenvalue weighted by Gasteiger charge is 2.17. The average Bonchev–Trinajstić information content (AvgIpc) is 2.48. The van der Waals surface area contributed by atoms with Gasteiger partial charge in [-0.2, -0.15) is 5.26 Å².